The highest BCUT2D eigenvalue weighted by Gasteiger charge is 2.13. The third kappa shape index (κ3) is 7.50. The van der Waals surface area contributed by atoms with E-state index in [-0.39, 0.29) is 0 Å². The van der Waals surface area contributed by atoms with Crippen LogP contribution in [0, 0.1) is 13.8 Å². The highest BCUT2D eigenvalue weighted by Crippen LogP contribution is 2.12. The summed E-state index contributed by atoms with van der Waals surface area (Å²) in [4.78, 5) is 6.85. The zero-order chi connectivity index (χ0) is 20.4. The standard InChI is InChI=1S/C20H40N6O/c1-15(2)25(16(3)4)11-9-10-22-20(21-7)23-14-19-17(5)24-26(18(19)6)12-13-27-8/h15-16H,9-14H2,1-8H3,(H2,21,22,23). The number of guanidine groups is 1. The second-order valence-electron chi connectivity index (χ2n) is 7.50. The first kappa shape index (κ1) is 23.4. The molecule has 0 aliphatic heterocycles. The Morgan fingerprint density at radius 2 is 1.85 bits per heavy atom. The molecular weight excluding hydrogens is 340 g/mol. The molecule has 1 heterocycles. The molecule has 0 bridgehead atoms. The Bertz CT molecular complexity index is 571. The van der Waals surface area contributed by atoms with E-state index in [9.17, 15) is 0 Å². The molecule has 0 saturated carbocycles. The Morgan fingerprint density at radius 3 is 2.41 bits per heavy atom. The fraction of sp³-hybridized carbons (Fsp3) is 0.800. The highest BCUT2D eigenvalue weighted by molar-refractivity contribution is 5.79. The van der Waals surface area contributed by atoms with Crippen LogP contribution < -0.4 is 10.6 Å². The van der Waals surface area contributed by atoms with Crippen molar-refractivity contribution in [1.82, 2.24) is 25.3 Å². The van der Waals surface area contributed by atoms with E-state index in [2.05, 4.69) is 67.2 Å². The molecule has 0 fully saturated rings. The number of rotatable bonds is 11. The van der Waals surface area contributed by atoms with Gasteiger partial charge >= 0.3 is 0 Å². The van der Waals surface area contributed by atoms with Crippen LogP contribution in [0.4, 0.5) is 0 Å². The zero-order valence-corrected chi connectivity index (χ0v) is 18.6. The molecule has 27 heavy (non-hydrogen) atoms. The van der Waals surface area contributed by atoms with Gasteiger partial charge in [-0.3, -0.25) is 14.6 Å². The van der Waals surface area contributed by atoms with Crippen molar-refractivity contribution < 1.29 is 4.74 Å². The summed E-state index contributed by atoms with van der Waals surface area (Å²) in [5, 5.41) is 11.4. The van der Waals surface area contributed by atoms with Gasteiger partial charge < -0.3 is 15.4 Å². The summed E-state index contributed by atoms with van der Waals surface area (Å²) in [5.41, 5.74) is 3.45. The monoisotopic (exact) mass is 380 g/mol. The van der Waals surface area contributed by atoms with Crippen molar-refractivity contribution in [1.29, 1.82) is 0 Å². The van der Waals surface area contributed by atoms with Gasteiger partial charge in [0.15, 0.2) is 5.96 Å². The molecule has 2 N–H and O–H groups in total. The first-order valence-electron chi connectivity index (χ1n) is 10.0. The van der Waals surface area contributed by atoms with Crippen LogP contribution in [-0.2, 0) is 17.8 Å². The van der Waals surface area contributed by atoms with Crippen molar-refractivity contribution in [3.63, 3.8) is 0 Å². The molecule has 0 radical (unpaired) electrons. The van der Waals surface area contributed by atoms with Crippen molar-refractivity contribution in [2.24, 2.45) is 4.99 Å². The zero-order valence-electron chi connectivity index (χ0n) is 18.6. The van der Waals surface area contributed by atoms with Gasteiger partial charge in [-0.2, -0.15) is 5.10 Å². The van der Waals surface area contributed by atoms with Gasteiger partial charge in [0.05, 0.1) is 18.8 Å². The molecular formula is C20H40N6O. The SMILES string of the molecule is CN=C(NCCCN(C(C)C)C(C)C)NCc1c(C)nn(CCOC)c1C. The van der Waals surface area contributed by atoms with Gasteiger partial charge in [-0.05, 0) is 48.0 Å². The quantitative estimate of drug-likeness (QED) is 0.350. The van der Waals surface area contributed by atoms with Crippen molar-refractivity contribution in [2.75, 3.05) is 33.9 Å². The number of aliphatic imine (C=N–C) groups is 1. The summed E-state index contributed by atoms with van der Waals surface area (Å²) in [6, 6.07) is 1.14. The molecule has 1 rings (SSSR count). The second kappa shape index (κ2) is 12.0. The second-order valence-corrected chi connectivity index (χ2v) is 7.50. The third-order valence-corrected chi connectivity index (χ3v) is 4.91. The number of ether oxygens (including phenoxy) is 1. The maximum Gasteiger partial charge on any atom is 0.191 e. The molecule has 0 aliphatic rings. The molecule has 0 atom stereocenters. The van der Waals surface area contributed by atoms with Crippen molar-refractivity contribution in [3.05, 3.63) is 17.0 Å². The summed E-state index contributed by atoms with van der Waals surface area (Å²) in [6.07, 6.45) is 1.09. The molecule has 0 amide bonds. The maximum atomic E-state index is 5.16. The lowest BCUT2D eigenvalue weighted by Crippen LogP contribution is -2.41. The lowest BCUT2D eigenvalue weighted by molar-refractivity contribution is 0.173. The van der Waals surface area contributed by atoms with E-state index in [1.54, 1.807) is 7.11 Å². The van der Waals surface area contributed by atoms with Crippen molar-refractivity contribution >= 4 is 5.96 Å². The smallest absolute Gasteiger partial charge is 0.191 e. The molecule has 1 aromatic heterocycles. The van der Waals surface area contributed by atoms with E-state index >= 15 is 0 Å². The largest absolute Gasteiger partial charge is 0.383 e. The fourth-order valence-corrected chi connectivity index (χ4v) is 3.36. The maximum absolute atomic E-state index is 5.16. The van der Waals surface area contributed by atoms with Crippen LogP contribution in [0.3, 0.4) is 0 Å². The van der Waals surface area contributed by atoms with E-state index in [4.69, 9.17) is 4.74 Å². The van der Waals surface area contributed by atoms with Gasteiger partial charge in [-0.1, -0.05) is 0 Å². The number of aromatic nitrogens is 2. The first-order valence-corrected chi connectivity index (χ1v) is 10.0. The van der Waals surface area contributed by atoms with Crippen LogP contribution in [0.2, 0.25) is 0 Å². The third-order valence-electron chi connectivity index (χ3n) is 4.91. The fourth-order valence-electron chi connectivity index (χ4n) is 3.36. The van der Waals surface area contributed by atoms with Crippen LogP contribution in [0.5, 0.6) is 0 Å². The normalized spacial score (nSPS) is 12.5. The van der Waals surface area contributed by atoms with Crippen LogP contribution in [0.15, 0.2) is 4.99 Å². The molecule has 0 unspecified atom stereocenters. The van der Waals surface area contributed by atoms with Gasteiger partial charge in [-0.15, -0.1) is 0 Å². The topological polar surface area (TPSA) is 66.7 Å². The van der Waals surface area contributed by atoms with E-state index < -0.39 is 0 Å². The van der Waals surface area contributed by atoms with Gasteiger partial charge in [0, 0.05) is 57.1 Å². The summed E-state index contributed by atoms with van der Waals surface area (Å²) in [6.45, 7) is 17.3. The van der Waals surface area contributed by atoms with Crippen LogP contribution in [0.25, 0.3) is 0 Å². The number of hydrogen-bond acceptors (Lipinski definition) is 4. The minimum absolute atomic E-state index is 0.572. The molecule has 0 saturated heterocycles. The lowest BCUT2D eigenvalue weighted by Gasteiger charge is -2.30. The van der Waals surface area contributed by atoms with Crippen molar-refractivity contribution in [2.45, 2.75) is 73.1 Å². The average Bonchev–Trinajstić information content (AvgIpc) is 2.88. The number of aryl methyl sites for hydroxylation is 1. The molecule has 156 valence electrons. The molecule has 0 aromatic carbocycles. The van der Waals surface area contributed by atoms with Gasteiger partial charge in [0.25, 0.3) is 0 Å². The molecule has 7 heteroatoms. The predicted molar refractivity (Wildman–Crippen MR) is 113 cm³/mol. The number of nitrogens with zero attached hydrogens (tertiary/aromatic N) is 4. The minimum Gasteiger partial charge on any atom is -0.383 e. The van der Waals surface area contributed by atoms with Crippen LogP contribution in [0.1, 0.15) is 51.1 Å². The molecule has 0 aliphatic carbocycles. The molecule has 7 nitrogen and oxygen atoms in total. The summed E-state index contributed by atoms with van der Waals surface area (Å²) < 4.78 is 7.17. The van der Waals surface area contributed by atoms with E-state index in [1.165, 1.54) is 11.3 Å². The Labute approximate surface area is 165 Å². The number of methoxy groups -OCH3 is 1. The Hall–Kier alpha value is -1.60. The summed E-state index contributed by atoms with van der Waals surface area (Å²) in [7, 11) is 3.52. The van der Waals surface area contributed by atoms with Gasteiger partial charge in [0.2, 0.25) is 0 Å². The van der Waals surface area contributed by atoms with Crippen LogP contribution >= 0.6 is 0 Å². The number of nitrogens with one attached hydrogen (secondary N) is 2. The minimum atomic E-state index is 0.572. The Kier molecular flexibility index (Phi) is 10.4. The van der Waals surface area contributed by atoms with E-state index in [1.807, 2.05) is 11.7 Å². The van der Waals surface area contributed by atoms with Crippen LogP contribution in [-0.4, -0.2) is 66.6 Å². The van der Waals surface area contributed by atoms with Gasteiger partial charge in [0.1, 0.15) is 0 Å². The average molecular weight is 381 g/mol. The predicted octanol–water partition coefficient (Wildman–Crippen LogP) is 2.32. The van der Waals surface area contributed by atoms with Gasteiger partial charge in [-0.25, -0.2) is 0 Å². The summed E-state index contributed by atoms with van der Waals surface area (Å²) >= 11 is 0. The van der Waals surface area contributed by atoms with E-state index in [0.717, 1.165) is 37.7 Å². The highest BCUT2D eigenvalue weighted by atomic mass is 16.5. The van der Waals surface area contributed by atoms with E-state index in [0.29, 0.717) is 25.2 Å². The molecule has 0 spiro atoms. The molecule has 1 aromatic rings. The summed E-state index contributed by atoms with van der Waals surface area (Å²) in [5.74, 6) is 0.832. The number of hydrogen-bond donors (Lipinski definition) is 2. The Balaban J connectivity index is 2.48. The first-order chi connectivity index (χ1) is 12.8. The van der Waals surface area contributed by atoms with Crippen molar-refractivity contribution in [3.8, 4) is 0 Å². The lowest BCUT2D eigenvalue weighted by atomic mass is 10.2. The Morgan fingerprint density at radius 1 is 1.19 bits per heavy atom.